The van der Waals surface area contributed by atoms with Gasteiger partial charge in [0.25, 0.3) is 5.91 Å². The lowest BCUT2D eigenvalue weighted by Crippen LogP contribution is -2.15. The van der Waals surface area contributed by atoms with Crippen molar-refractivity contribution in [3.8, 4) is 0 Å². The van der Waals surface area contributed by atoms with Gasteiger partial charge in [0.05, 0.1) is 16.2 Å². The number of hydrogen-bond acceptors (Lipinski definition) is 4. The third-order valence-electron chi connectivity index (χ3n) is 2.91. The van der Waals surface area contributed by atoms with Crippen molar-refractivity contribution in [1.29, 1.82) is 0 Å². The predicted molar refractivity (Wildman–Crippen MR) is 78.4 cm³/mol. The number of carbonyl (C=O) groups is 1. The molecule has 0 saturated carbocycles. The quantitative estimate of drug-likeness (QED) is 0.874. The van der Waals surface area contributed by atoms with Gasteiger partial charge in [-0.15, -0.1) is 0 Å². The zero-order valence-electron chi connectivity index (χ0n) is 11.7. The molecule has 2 rings (SSSR count). The molecule has 112 valence electrons. The second-order valence-electron chi connectivity index (χ2n) is 4.54. The van der Waals surface area contributed by atoms with Gasteiger partial charge in [0.1, 0.15) is 0 Å². The van der Waals surface area contributed by atoms with Crippen LogP contribution in [-0.4, -0.2) is 24.1 Å². The van der Waals surface area contributed by atoms with Crippen LogP contribution in [0.2, 0.25) is 0 Å². The number of primary sulfonamides is 1. The summed E-state index contributed by atoms with van der Waals surface area (Å²) in [7, 11) is -2.07. The molecular weight excluding hydrogens is 292 g/mol. The molecule has 1 amide bonds. The molecule has 1 aromatic carbocycles. The second-order valence-corrected chi connectivity index (χ2v) is 6.11. The molecule has 1 heterocycles. The first-order valence-corrected chi connectivity index (χ1v) is 7.82. The van der Waals surface area contributed by atoms with Crippen molar-refractivity contribution in [3.63, 3.8) is 0 Å². The Morgan fingerprint density at radius 2 is 2.14 bits per heavy atom. The van der Waals surface area contributed by atoms with Gasteiger partial charge in [-0.25, -0.2) is 13.6 Å². The number of benzene rings is 1. The Hall–Kier alpha value is -2.19. The highest BCUT2D eigenvalue weighted by molar-refractivity contribution is 7.89. The van der Waals surface area contributed by atoms with Gasteiger partial charge in [-0.1, -0.05) is 13.0 Å². The minimum absolute atomic E-state index is 0.0535. The third-order valence-corrected chi connectivity index (χ3v) is 3.82. The van der Waals surface area contributed by atoms with Crippen molar-refractivity contribution in [2.45, 2.75) is 18.2 Å². The zero-order chi connectivity index (χ0) is 15.6. The normalized spacial score (nSPS) is 11.4. The van der Waals surface area contributed by atoms with E-state index in [2.05, 4.69) is 10.4 Å². The van der Waals surface area contributed by atoms with Gasteiger partial charge in [-0.2, -0.15) is 5.10 Å². The molecule has 0 aliphatic carbocycles. The van der Waals surface area contributed by atoms with Crippen molar-refractivity contribution >= 4 is 21.6 Å². The van der Waals surface area contributed by atoms with Crippen LogP contribution in [0.15, 0.2) is 35.4 Å². The average molecular weight is 308 g/mol. The number of nitrogens with zero attached hydrogens (tertiary/aromatic N) is 2. The lowest BCUT2D eigenvalue weighted by molar-refractivity contribution is 0.102. The maximum absolute atomic E-state index is 12.2. The number of amides is 1. The van der Waals surface area contributed by atoms with E-state index in [4.69, 9.17) is 5.14 Å². The number of rotatable bonds is 4. The molecule has 0 bridgehead atoms. The van der Waals surface area contributed by atoms with E-state index in [1.165, 1.54) is 18.2 Å². The van der Waals surface area contributed by atoms with Gasteiger partial charge in [-0.05, 0) is 24.6 Å². The van der Waals surface area contributed by atoms with Crippen LogP contribution >= 0.6 is 0 Å². The molecule has 2 aromatic rings. The number of aromatic nitrogens is 2. The lowest BCUT2D eigenvalue weighted by Gasteiger charge is -2.06. The highest BCUT2D eigenvalue weighted by Crippen LogP contribution is 2.16. The lowest BCUT2D eigenvalue weighted by atomic mass is 10.2. The SMILES string of the molecule is CCc1nn(C)cc1C(=O)Nc1cccc(S(N)(=O)=O)c1. The van der Waals surface area contributed by atoms with Gasteiger partial charge < -0.3 is 5.32 Å². The van der Waals surface area contributed by atoms with Gasteiger partial charge in [0.2, 0.25) is 10.0 Å². The molecule has 3 N–H and O–H groups in total. The third kappa shape index (κ3) is 3.47. The maximum atomic E-state index is 12.2. The van der Waals surface area contributed by atoms with Crippen LogP contribution in [-0.2, 0) is 23.5 Å². The van der Waals surface area contributed by atoms with Crippen LogP contribution in [0.4, 0.5) is 5.69 Å². The van der Waals surface area contributed by atoms with E-state index in [9.17, 15) is 13.2 Å². The Labute approximate surface area is 122 Å². The highest BCUT2D eigenvalue weighted by Gasteiger charge is 2.15. The summed E-state index contributed by atoms with van der Waals surface area (Å²) in [5.74, 6) is -0.341. The van der Waals surface area contributed by atoms with Gasteiger partial charge in [0, 0.05) is 18.9 Å². The molecule has 0 saturated heterocycles. The van der Waals surface area contributed by atoms with Crippen LogP contribution in [0.1, 0.15) is 23.0 Å². The standard InChI is InChI=1S/C13H16N4O3S/c1-3-12-11(8-17(2)16-12)13(18)15-9-5-4-6-10(7-9)21(14,19)20/h4-8H,3H2,1-2H3,(H,15,18)(H2,14,19,20). The first-order chi connectivity index (χ1) is 9.81. The molecule has 0 aliphatic rings. The van der Waals surface area contributed by atoms with Crippen molar-refractivity contribution < 1.29 is 13.2 Å². The molecule has 0 unspecified atom stereocenters. The predicted octanol–water partition coefficient (Wildman–Crippen LogP) is 0.882. The fourth-order valence-electron chi connectivity index (χ4n) is 1.93. The molecule has 0 radical (unpaired) electrons. The smallest absolute Gasteiger partial charge is 0.259 e. The van der Waals surface area contributed by atoms with Crippen molar-refractivity contribution in [1.82, 2.24) is 9.78 Å². The molecule has 0 aliphatic heterocycles. The number of carbonyl (C=O) groups excluding carboxylic acids is 1. The summed E-state index contributed by atoms with van der Waals surface area (Å²) in [5, 5.41) is 11.9. The maximum Gasteiger partial charge on any atom is 0.259 e. The molecule has 0 atom stereocenters. The number of anilines is 1. The van der Waals surface area contributed by atoms with Gasteiger partial charge in [0.15, 0.2) is 0 Å². The molecule has 7 nitrogen and oxygen atoms in total. The first kappa shape index (κ1) is 15.2. The topological polar surface area (TPSA) is 107 Å². The highest BCUT2D eigenvalue weighted by atomic mass is 32.2. The molecule has 1 aromatic heterocycles. The summed E-state index contributed by atoms with van der Waals surface area (Å²) >= 11 is 0. The zero-order valence-corrected chi connectivity index (χ0v) is 12.5. The van der Waals surface area contributed by atoms with E-state index in [1.54, 1.807) is 24.0 Å². The molecular formula is C13H16N4O3S. The molecule has 8 heteroatoms. The Kier molecular flexibility index (Phi) is 4.10. The van der Waals surface area contributed by atoms with Crippen LogP contribution in [0.25, 0.3) is 0 Å². The number of nitrogens with two attached hydrogens (primary N) is 1. The Morgan fingerprint density at radius 3 is 2.76 bits per heavy atom. The molecule has 21 heavy (non-hydrogen) atoms. The fourth-order valence-corrected chi connectivity index (χ4v) is 2.49. The van der Waals surface area contributed by atoms with Crippen molar-refractivity contribution in [3.05, 3.63) is 41.7 Å². The summed E-state index contributed by atoms with van der Waals surface area (Å²) in [6.45, 7) is 1.90. The van der Waals surface area contributed by atoms with Crippen molar-refractivity contribution in [2.24, 2.45) is 12.2 Å². The van der Waals surface area contributed by atoms with Crippen LogP contribution in [0.5, 0.6) is 0 Å². The Balaban J connectivity index is 2.28. The van der Waals surface area contributed by atoms with Crippen molar-refractivity contribution in [2.75, 3.05) is 5.32 Å². The number of aryl methyl sites for hydroxylation is 2. The van der Waals surface area contributed by atoms with Crippen LogP contribution in [0.3, 0.4) is 0 Å². The van der Waals surface area contributed by atoms with Gasteiger partial charge in [-0.3, -0.25) is 9.48 Å². The minimum Gasteiger partial charge on any atom is -0.322 e. The fraction of sp³-hybridized carbons (Fsp3) is 0.231. The van der Waals surface area contributed by atoms with E-state index in [0.717, 1.165) is 0 Å². The summed E-state index contributed by atoms with van der Waals surface area (Å²) in [4.78, 5) is 12.2. The number of hydrogen-bond donors (Lipinski definition) is 2. The molecule has 0 fully saturated rings. The summed E-state index contributed by atoms with van der Waals surface area (Å²) in [5.41, 5.74) is 1.50. The Morgan fingerprint density at radius 1 is 1.43 bits per heavy atom. The second kappa shape index (κ2) is 5.66. The monoisotopic (exact) mass is 308 g/mol. The van der Waals surface area contributed by atoms with E-state index in [-0.39, 0.29) is 10.8 Å². The van der Waals surface area contributed by atoms with Crippen LogP contribution in [0, 0.1) is 0 Å². The van der Waals surface area contributed by atoms with E-state index in [1.807, 2.05) is 6.92 Å². The summed E-state index contributed by atoms with van der Waals surface area (Å²) in [6, 6.07) is 5.79. The van der Waals surface area contributed by atoms with Gasteiger partial charge >= 0.3 is 0 Å². The summed E-state index contributed by atoms with van der Waals surface area (Å²) < 4.78 is 24.2. The van der Waals surface area contributed by atoms with E-state index >= 15 is 0 Å². The van der Waals surface area contributed by atoms with Crippen LogP contribution < -0.4 is 10.5 Å². The van der Waals surface area contributed by atoms with E-state index < -0.39 is 10.0 Å². The van der Waals surface area contributed by atoms with E-state index in [0.29, 0.717) is 23.4 Å². The number of nitrogens with one attached hydrogen (secondary N) is 1. The first-order valence-electron chi connectivity index (χ1n) is 6.28. The Bertz CT molecular complexity index is 780. The molecule has 0 spiro atoms. The number of sulfonamides is 1. The average Bonchev–Trinajstić information content (AvgIpc) is 2.79. The largest absolute Gasteiger partial charge is 0.322 e. The summed E-state index contributed by atoms with van der Waals surface area (Å²) in [6.07, 6.45) is 2.25. The minimum atomic E-state index is -3.80.